The van der Waals surface area contributed by atoms with E-state index < -0.39 is 0 Å². The first-order chi connectivity index (χ1) is 13.4. The van der Waals surface area contributed by atoms with E-state index in [2.05, 4.69) is 29.5 Å². The fraction of sp³-hybridized carbons (Fsp3) is 0.450. The summed E-state index contributed by atoms with van der Waals surface area (Å²) in [4.78, 5) is 28.7. The van der Waals surface area contributed by atoms with Gasteiger partial charge in [-0.05, 0) is 37.0 Å². The monoisotopic (exact) mass is 404 g/mol. The second-order valence-corrected chi connectivity index (χ2v) is 7.96. The lowest BCUT2D eigenvalue weighted by atomic mass is 10.1. The van der Waals surface area contributed by atoms with Gasteiger partial charge < -0.3 is 20.3 Å². The molecule has 2 amide bonds. The molecular weight excluding hydrogens is 376 g/mol. The number of aliphatic hydroxyl groups is 1. The molecule has 28 heavy (non-hydrogen) atoms. The first kappa shape index (κ1) is 22.0. The highest BCUT2D eigenvalue weighted by Crippen LogP contribution is 2.19. The van der Waals surface area contributed by atoms with Crippen LogP contribution >= 0.6 is 11.8 Å². The van der Waals surface area contributed by atoms with Gasteiger partial charge in [0.05, 0.1) is 24.3 Å². The summed E-state index contributed by atoms with van der Waals surface area (Å²) in [6, 6.07) is 7.58. The molecule has 0 aliphatic heterocycles. The van der Waals surface area contributed by atoms with Crippen LogP contribution in [-0.4, -0.2) is 38.8 Å². The number of rotatable bonds is 10. The molecule has 0 saturated carbocycles. The maximum Gasteiger partial charge on any atom is 0.240 e. The molecule has 0 spiro atoms. The summed E-state index contributed by atoms with van der Waals surface area (Å²) in [7, 11) is 0. The van der Waals surface area contributed by atoms with Gasteiger partial charge in [0, 0.05) is 12.2 Å². The summed E-state index contributed by atoms with van der Waals surface area (Å²) in [5.41, 5.74) is 2.35. The van der Waals surface area contributed by atoms with Gasteiger partial charge in [0.2, 0.25) is 11.8 Å². The smallest absolute Gasteiger partial charge is 0.240 e. The van der Waals surface area contributed by atoms with Crippen LogP contribution in [0.5, 0.6) is 0 Å². The van der Waals surface area contributed by atoms with Crippen LogP contribution in [0.15, 0.2) is 35.6 Å². The minimum absolute atomic E-state index is 0.0653. The number of nitrogens with zero attached hydrogens (tertiary/aromatic N) is 2. The molecule has 0 unspecified atom stereocenters. The number of imidazole rings is 1. The molecule has 0 aliphatic rings. The molecule has 0 fully saturated rings. The van der Waals surface area contributed by atoms with E-state index >= 15 is 0 Å². The number of nitrogens with one attached hydrogen (secondary N) is 2. The van der Waals surface area contributed by atoms with Crippen molar-refractivity contribution in [1.29, 1.82) is 0 Å². The number of anilines is 1. The molecule has 0 radical (unpaired) electrons. The Balaban J connectivity index is 1.93. The Morgan fingerprint density at radius 2 is 2.07 bits per heavy atom. The second-order valence-electron chi connectivity index (χ2n) is 7.02. The molecule has 0 bridgehead atoms. The largest absolute Gasteiger partial charge is 0.390 e. The van der Waals surface area contributed by atoms with E-state index in [4.69, 9.17) is 0 Å². The third-order valence-corrected chi connectivity index (χ3v) is 5.03. The lowest BCUT2D eigenvalue weighted by molar-refractivity contribution is -0.121. The van der Waals surface area contributed by atoms with Gasteiger partial charge in [-0.2, -0.15) is 0 Å². The summed E-state index contributed by atoms with van der Waals surface area (Å²) in [5.74, 6) is 0.376. The van der Waals surface area contributed by atoms with Gasteiger partial charge in [0.1, 0.15) is 6.54 Å². The van der Waals surface area contributed by atoms with Crippen molar-refractivity contribution in [2.75, 3.05) is 17.6 Å². The zero-order valence-corrected chi connectivity index (χ0v) is 17.4. The van der Waals surface area contributed by atoms with E-state index in [1.54, 1.807) is 4.57 Å². The Morgan fingerprint density at radius 1 is 1.29 bits per heavy atom. The molecular formula is C20H28N4O3S. The van der Waals surface area contributed by atoms with Crippen LogP contribution in [0.25, 0.3) is 0 Å². The van der Waals surface area contributed by atoms with Gasteiger partial charge in [-0.25, -0.2) is 4.98 Å². The molecule has 152 valence electrons. The Labute approximate surface area is 169 Å². The summed E-state index contributed by atoms with van der Waals surface area (Å²) >= 11 is 1.23. The van der Waals surface area contributed by atoms with Crippen molar-refractivity contribution in [3.8, 4) is 0 Å². The van der Waals surface area contributed by atoms with E-state index in [1.807, 2.05) is 31.2 Å². The first-order valence-electron chi connectivity index (χ1n) is 9.30. The average molecular weight is 405 g/mol. The predicted molar refractivity (Wildman–Crippen MR) is 111 cm³/mol. The Morgan fingerprint density at radius 3 is 2.75 bits per heavy atom. The zero-order valence-electron chi connectivity index (χ0n) is 16.6. The van der Waals surface area contributed by atoms with Gasteiger partial charge in [-0.1, -0.05) is 37.7 Å². The van der Waals surface area contributed by atoms with Crippen LogP contribution in [0.4, 0.5) is 5.69 Å². The summed E-state index contributed by atoms with van der Waals surface area (Å²) in [6.45, 7) is 6.62. The van der Waals surface area contributed by atoms with E-state index in [9.17, 15) is 14.7 Å². The fourth-order valence-electron chi connectivity index (χ4n) is 2.55. The SMILES string of the molecule is Cc1cccc(NC(=O)CSc2ncc(CO)n2CC(=O)NCCC(C)C)c1. The molecule has 7 nitrogen and oxygen atoms in total. The number of benzene rings is 1. The molecule has 0 aliphatic carbocycles. The van der Waals surface area contributed by atoms with E-state index in [0.29, 0.717) is 23.3 Å². The number of thioether (sulfide) groups is 1. The average Bonchev–Trinajstić information content (AvgIpc) is 3.01. The molecule has 0 saturated heterocycles. The van der Waals surface area contributed by atoms with Crippen molar-refractivity contribution in [2.45, 2.75) is 45.5 Å². The van der Waals surface area contributed by atoms with Gasteiger partial charge in [-0.3, -0.25) is 9.59 Å². The van der Waals surface area contributed by atoms with Crippen LogP contribution in [0.2, 0.25) is 0 Å². The zero-order chi connectivity index (χ0) is 20.5. The summed E-state index contributed by atoms with van der Waals surface area (Å²) < 4.78 is 1.65. The molecule has 1 heterocycles. The maximum atomic E-state index is 12.2. The third kappa shape index (κ3) is 7.01. The van der Waals surface area contributed by atoms with E-state index in [0.717, 1.165) is 17.7 Å². The first-order valence-corrected chi connectivity index (χ1v) is 10.3. The fourth-order valence-corrected chi connectivity index (χ4v) is 3.35. The minimum atomic E-state index is -0.220. The van der Waals surface area contributed by atoms with Crippen LogP contribution in [0, 0.1) is 12.8 Å². The van der Waals surface area contributed by atoms with Gasteiger partial charge >= 0.3 is 0 Å². The highest BCUT2D eigenvalue weighted by molar-refractivity contribution is 7.99. The quantitative estimate of drug-likeness (QED) is 0.529. The number of hydrogen-bond acceptors (Lipinski definition) is 5. The molecule has 0 atom stereocenters. The van der Waals surface area contributed by atoms with Gasteiger partial charge in [0.25, 0.3) is 0 Å². The van der Waals surface area contributed by atoms with Crippen LogP contribution < -0.4 is 10.6 Å². The van der Waals surface area contributed by atoms with Crippen molar-refractivity contribution in [3.63, 3.8) is 0 Å². The number of aromatic nitrogens is 2. The van der Waals surface area contributed by atoms with E-state index in [1.165, 1.54) is 18.0 Å². The van der Waals surface area contributed by atoms with Gasteiger partial charge in [-0.15, -0.1) is 0 Å². The van der Waals surface area contributed by atoms with Crippen molar-refractivity contribution < 1.29 is 14.7 Å². The molecule has 8 heteroatoms. The minimum Gasteiger partial charge on any atom is -0.390 e. The van der Waals surface area contributed by atoms with Gasteiger partial charge in [0.15, 0.2) is 5.16 Å². The van der Waals surface area contributed by atoms with Crippen LogP contribution in [0.3, 0.4) is 0 Å². The normalized spacial score (nSPS) is 10.9. The third-order valence-electron chi connectivity index (χ3n) is 4.04. The lowest BCUT2D eigenvalue weighted by Crippen LogP contribution is -2.30. The molecule has 3 N–H and O–H groups in total. The number of carbonyl (C=O) groups excluding carboxylic acids is 2. The summed E-state index contributed by atoms with van der Waals surface area (Å²) in [6.07, 6.45) is 2.44. The molecule has 1 aromatic carbocycles. The standard InChI is InChI=1S/C20H28N4O3S/c1-14(2)7-8-21-18(26)11-24-17(12-25)10-22-20(24)28-13-19(27)23-16-6-4-5-15(3)9-16/h4-6,9-10,14,25H,7-8,11-13H2,1-3H3,(H,21,26)(H,23,27). The number of aryl methyl sites for hydroxylation is 1. The highest BCUT2D eigenvalue weighted by Gasteiger charge is 2.15. The Kier molecular flexibility index (Phi) is 8.53. The summed E-state index contributed by atoms with van der Waals surface area (Å²) in [5, 5.41) is 15.8. The highest BCUT2D eigenvalue weighted by atomic mass is 32.2. The van der Waals surface area contributed by atoms with Crippen molar-refractivity contribution in [3.05, 3.63) is 41.7 Å². The van der Waals surface area contributed by atoms with Crippen LogP contribution in [0.1, 0.15) is 31.5 Å². The Hall–Kier alpha value is -2.32. The number of aliphatic hydroxyl groups excluding tert-OH is 1. The van der Waals surface area contributed by atoms with Crippen molar-refractivity contribution in [1.82, 2.24) is 14.9 Å². The van der Waals surface area contributed by atoms with Crippen LogP contribution in [-0.2, 0) is 22.7 Å². The van der Waals surface area contributed by atoms with E-state index in [-0.39, 0.29) is 30.7 Å². The Bertz CT molecular complexity index is 804. The van der Waals surface area contributed by atoms with Crippen molar-refractivity contribution in [2.24, 2.45) is 5.92 Å². The number of amides is 2. The maximum absolute atomic E-state index is 12.2. The predicted octanol–water partition coefficient (Wildman–Crippen LogP) is 2.58. The lowest BCUT2D eigenvalue weighted by Gasteiger charge is -2.12. The topological polar surface area (TPSA) is 96.2 Å². The number of carbonyl (C=O) groups is 2. The van der Waals surface area contributed by atoms with Crippen molar-refractivity contribution >= 4 is 29.3 Å². The molecule has 2 aromatic rings. The second kappa shape index (κ2) is 10.9. The number of hydrogen-bond donors (Lipinski definition) is 3. The molecule has 1 aromatic heterocycles. The molecule has 2 rings (SSSR count).